The summed E-state index contributed by atoms with van der Waals surface area (Å²) in [7, 11) is -1.98. The SMILES string of the molecule is CNCc1ccc(S(=O)(=O)NCCC2CC2)c(F)c1. The molecular weight excluding hydrogens is 267 g/mol. The number of sulfonamides is 1. The molecule has 2 N–H and O–H groups in total. The Bertz CT molecular complexity index is 542. The van der Waals surface area contributed by atoms with Crippen LogP contribution >= 0.6 is 0 Å². The predicted octanol–water partition coefficient (Wildman–Crippen LogP) is 1.62. The van der Waals surface area contributed by atoms with Gasteiger partial charge in [0.25, 0.3) is 0 Å². The average Bonchev–Trinajstić information content (AvgIpc) is 3.13. The van der Waals surface area contributed by atoms with E-state index in [1.165, 1.54) is 25.0 Å². The highest BCUT2D eigenvalue weighted by Gasteiger charge is 2.23. The van der Waals surface area contributed by atoms with Crippen LogP contribution < -0.4 is 10.0 Å². The Balaban J connectivity index is 2.05. The van der Waals surface area contributed by atoms with Gasteiger partial charge >= 0.3 is 0 Å². The number of rotatable bonds is 7. The number of nitrogens with one attached hydrogen (secondary N) is 2. The van der Waals surface area contributed by atoms with Crippen molar-refractivity contribution in [3.8, 4) is 0 Å². The van der Waals surface area contributed by atoms with E-state index in [1.54, 1.807) is 13.1 Å². The molecule has 0 atom stereocenters. The molecule has 0 spiro atoms. The van der Waals surface area contributed by atoms with Gasteiger partial charge in [-0.05, 0) is 37.1 Å². The van der Waals surface area contributed by atoms with E-state index in [2.05, 4.69) is 10.0 Å². The Morgan fingerprint density at radius 3 is 2.68 bits per heavy atom. The van der Waals surface area contributed by atoms with Gasteiger partial charge in [-0.1, -0.05) is 18.9 Å². The lowest BCUT2D eigenvalue weighted by Crippen LogP contribution is -2.26. The van der Waals surface area contributed by atoms with E-state index in [9.17, 15) is 12.8 Å². The Kier molecular flexibility index (Phi) is 4.54. The summed E-state index contributed by atoms with van der Waals surface area (Å²) in [6.07, 6.45) is 3.18. The smallest absolute Gasteiger partial charge is 0.243 e. The van der Waals surface area contributed by atoms with Crippen LogP contribution in [0.5, 0.6) is 0 Å². The molecule has 106 valence electrons. The van der Waals surface area contributed by atoms with Crippen LogP contribution in [0.15, 0.2) is 23.1 Å². The van der Waals surface area contributed by atoms with Crippen LogP contribution in [0, 0.1) is 11.7 Å². The third kappa shape index (κ3) is 3.99. The fraction of sp³-hybridized carbons (Fsp3) is 0.538. The van der Waals surface area contributed by atoms with Crippen LogP contribution in [-0.2, 0) is 16.6 Å². The van der Waals surface area contributed by atoms with Crippen LogP contribution in [0.25, 0.3) is 0 Å². The second-order valence-corrected chi connectivity index (χ2v) is 6.66. The molecule has 0 aliphatic heterocycles. The molecule has 0 amide bonds. The molecule has 0 bridgehead atoms. The molecule has 4 nitrogen and oxygen atoms in total. The van der Waals surface area contributed by atoms with E-state index in [4.69, 9.17) is 0 Å². The lowest BCUT2D eigenvalue weighted by Gasteiger charge is -2.08. The summed E-state index contributed by atoms with van der Waals surface area (Å²) in [5, 5.41) is 2.89. The zero-order valence-corrected chi connectivity index (χ0v) is 11.8. The molecule has 0 unspecified atom stereocenters. The van der Waals surface area contributed by atoms with Crippen molar-refractivity contribution < 1.29 is 12.8 Å². The first-order chi connectivity index (χ1) is 9.03. The molecule has 1 aromatic rings. The summed E-state index contributed by atoms with van der Waals surface area (Å²) in [5.74, 6) is -0.0581. The third-order valence-electron chi connectivity index (χ3n) is 3.21. The molecular formula is C13H19FN2O2S. The molecule has 1 aromatic carbocycles. The average molecular weight is 286 g/mol. The van der Waals surface area contributed by atoms with Crippen molar-refractivity contribution in [1.29, 1.82) is 0 Å². The number of hydrogen-bond acceptors (Lipinski definition) is 3. The van der Waals surface area contributed by atoms with E-state index < -0.39 is 15.8 Å². The third-order valence-corrected chi connectivity index (χ3v) is 4.70. The lowest BCUT2D eigenvalue weighted by atomic mass is 10.2. The molecule has 1 fully saturated rings. The van der Waals surface area contributed by atoms with Gasteiger partial charge in [-0.15, -0.1) is 0 Å². The van der Waals surface area contributed by atoms with Crippen LogP contribution in [0.2, 0.25) is 0 Å². The van der Waals surface area contributed by atoms with Crippen molar-refractivity contribution in [2.24, 2.45) is 5.92 Å². The maximum atomic E-state index is 13.8. The Morgan fingerprint density at radius 2 is 2.11 bits per heavy atom. The molecule has 1 saturated carbocycles. The number of benzene rings is 1. The van der Waals surface area contributed by atoms with Crippen molar-refractivity contribution in [3.05, 3.63) is 29.6 Å². The molecule has 19 heavy (non-hydrogen) atoms. The quantitative estimate of drug-likeness (QED) is 0.801. The summed E-state index contributed by atoms with van der Waals surface area (Å²) >= 11 is 0. The minimum atomic E-state index is -3.74. The van der Waals surface area contributed by atoms with Gasteiger partial charge in [0.15, 0.2) is 0 Å². The van der Waals surface area contributed by atoms with Gasteiger partial charge in [0, 0.05) is 13.1 Å². The van der Waals surface area contributed by atoms with E-state index in [1.807, 2.05) is 0 Å². The van der Waals surface area contributed by atoms with E-state index in [-0.39, 0.29) is 4.90 Å². The van der Waals surface area contributed by atoms with Crippen LogP contribution in [0.1, 0.15) is 24.8 Å². The van der Waals surface area contributed by atoms with Crippen molar-refractivity contribution in [3.63, 3.8) is 0 Å². The summed E-state index contributed by atoms with van der Waals surface area (Å²) < 4.78 is 40.2. The minimum Gasteiger partial charge on any atom is -0.316 e. The second-order valence-electron chi connectivity index (χ2n) is 4.92. The molecule has 0 radical (unpaired) electrons. The largest absolute Gasteiger partial charge is 0.316 e. The lowest BCUT2D eigenvalue weighted by molar-refractivity contribution is 0.552. The van der Waals surface area contributed by atoms with Gasteiger partial charge in [0.1, 0.15) is 10.7 Å². The van der Waals surface area contributed by atoms with Gasteiger partial charge in [0.2, 0.25) is 10.0 Å². The molecule has 1 aliphatic rings. The van der Waals surface area contributed by atoms with Gasteiger partial charge in [-0.3, -0.25) is 0 Å². The fourth-order valence-electron chi connectivity index (χ4n) is 1.96. The topological polar surface area (TPSA) is 58.2 Å². The molecule has 1 aliphatic carbocycles. The highest BCUT2D eigenvalue weighted by molar-refractivity contribution is 7.89. The van der Waals surface area contributed by atoms with E-state index in [0.29, 0.717) is 19.0 Å². The standard InChI is InChI=1S/C13H19FN2O2S/c1-15-9-11-4-5-13(12(14)8-11)19(17,18)16-7-6-10-2-3-10/h4-5,8,10,15-16H,2-3,6-7,9H2,1H3. The van der Waals surface area contributed by atoms with Crippen LogP contribution in [-0.4, -0.2) is 22.0 Å². The van der Waals surface area contributed by atoms with Crippen LogP contribution in [0.3, 0.4) is 0 Å². The first-order valence-electron chi connectivity index (χ1n) is 6.45. The monoisotopic (exact) mass is 286 g/mol. The summed E-state index contributed by atoms with van der Waals surface area (Å²) in [6, 6.07) is 4.20. The maximum absolute atomic E-state index is 13.8. The number of hydrogen-bond donors (Lipinski definition) is 2. The van der Waals surface area contributed by atoms with E-state index >= 15 is 0 Å². The Labute approximate surface area is 113 Å². The highest BCUT2D eigenvalue weighted by Crippen LogP contribution is 2.31. The maximum Gasteiger partial charge on any atom is 0.243 e. The van der Waals surface area contributed by atoms with Gasteiger partial charge in [-0.2, -0.15) is 0 Å². The first kappa shape index (κ1) is 14.4. The zero-order valence-electron chi connectivity index (χ0n) is 10.9. The highest BCUT2D eigenvalue weighted by atomic mass is 32.2. The summed E-state index contributed by atoms with van der Waals surface area (Å²) in [6.45, 7) is 0.886. The van der Waals surface area contributed by atoms with Crippen molar-refractivity contribution >= 4 is 10.0 Å². The van der Waals surface area contributed by atoms with Crippen molar-refractivity contribution in [2.75, 3.05) is 13.6 Å². The second kappa shape index (κ2) is 5.98. The summed E-state index contributed by atoms with van der Waals surface area (Å²) in [4.78, 5) is -0.275. The zero-order chi connectivity index (χ0) is 13.9. The van der Waals surface area contributed by atoms with Gasteiger partial charge in [-0.25, -0.2) is 17.5 Å². The normalized spacial score (nSPS) is 15.7. The van der Waals surface area contributed by atoms with Crippen molar-refractivity contribution in [1.82, 2.24) is 10.0 Å². The molecule has 6 heteroatoms. The molecule has 0 heterocycles. The number of halogens is 1. The Hall–Kier alpha value is -0.980. The minimum absolute atomic E-state index is 0.275. The van der Waals surface area contributed by atoms with Gasteiger partial charge in [0.05, 0.1) is 0 Å². The molecule has 2 rings (SSSR count). The fourth-order valence-corrected chi connectivity index (χ4v) is 3.06. The molecule has 0 saturated heterocycles. The van der Waals surface area contributed by atoms with E-state index in [0.717, 1.165) is 12.0 Å². The Morgan fingerprint density at radius 1 is 1.37 bits per heavy atom. The summed E-state index contributed by atoms with van der Waals surface area (Å²) in [5.41, 5.74) is 0.719. The van der Waals surface area contributed by atoms with Gasteiger partial charge < -0.3 is 5.32 Å². The van der Waals surface area contributed by atoms with Crippen LogP contribution in [0.4, 0.5) is 4.39 Å². The predicted molar refractivity (Wildman–Crippen MR) is 71.7 cm³/mol. The van der Waals surface area contributed by atoms with Crippen molar-refractivity contribution in [2.45, 2.75) is 30.7 Å². The molecule has 0 aromatic heterocycles. The first-order valence-corrected chi connectivity index (χ1v) is 7.94.